The van der Waals surface area contributed by atoms with Crippen molar-refractivity contribution in [1.29, 1.82) is 0 Å². The van der Waals surface area contributed by atoms with E-state index >= 15 is 0 Å². The van der Waals surface area contributed by atoms with Crippen LogP contribution in [0.2, 0.25) is 5.02 Å². The van der Waals surface area contributed by atoms with Crippen LogP contribution in [0.4, 0.5) is 0 Å². The first kappa shape index (κ1) is 14.4. The lowest BCUT2D eigenvalue weighted by Crippen LogP contribution is -2.25. The molecule has 94 valence electrons. The van der Waals surface area contributed by atoms with Crippen molar-refractivity contribution >= 4 is 33.4 Å². The molecule has 1 aromatic carbocycles. The van der Waals surface area contributed by atoms with Crippen molar-refractivity contribution in [2.75, 3.05) is 21.0 Å². The molecule has 1 amide bonds. The molecule has 0 saturated heterocycles. The van der Waals surface area contributed by atoms with Gasteiger partial charge in [-0.25, -0.2) is 0 Å². The summed E-state index contributed by atoms with van der Waals surface area (Å²) in [5.41, 5.74) is 1.15. The predicted molar refractivity (Wildman–Crippen MR) is 69.2 cm³/mol. The molecule has 0 radical (unpaired) electrons. The van der Waals surface area contributed by atoms with Crippen molar-refractivity contribution in [2.24, 2.45) is 0 Å². The number of carbonyl (C=O) groups is 1. The van der Waals surface area contributed by atoms with Crippen LogP contribution in [0.25, 0.3) is 0 Å². The van der Waals surface area contributed by atoms with Gasteiger partial charge in [-0.05, 0) is 17.7 Å². The van der Waals surface area contributed by atoms with Gasteiger partial charge in [0.15, 0.2) is 0 Å². The number of carbonyl (C=O) groups excluding carboxylic acids is 1. The first-order valence-corrected chi connectivity index (χ1v) is 6.01. The lowest BCUT2D eigenvalue weighted by atomic mass is 10.1. The van der Waals surface area contributed by atoms with Gasteiger partial charge < -0.3 is 14.8 Å². The Morgan fingerprint density at radius 1 is 1.41 bits per heavy atom. The van der Waals surface area contributed by atoms with Crippen LogP contribution in [-0.4, -0.2) is 26.9 Å². The molecule has 0 aliphatic heterocycles. The first-order valence-electron chi connectivity index (χ1n) is 4.84. The van der Waals surface area contributed by atoms with E-state index in [-0.39, 0.29) is 12.6 Å². The highest BCUT2D eigenvalue weighted by Gasteiger charge is 2.14. The number of nitrogens with one attached hydrogen (secondary N) is 1. The van der Waals surface area contributed by atoms with Crippen LogP contribution >= 0.6 is 27.5 Å². The van der Waals surface area contributed by atoms with Crippen molar-refractivity contribution in [1.82, 2.24) is 5.32 Å². The topological polar surface area (TPSA) is 47.6 Å². The Morgan fingerprint density at radius 2 is 2.12 bits per heavy atom. The smallest absolute Gasteiger partial charge is 0.254 e. The molecule has 0 bridgehead atoms. The van der Waals surface area contributed by atoms with Gasteiger partial charge in [0.25, 0.3) is 5.91 Å². The summed E-state index contributed by atoms with van der Waals surface area (Å²) in [5, 5.41) is 2.97. The molecule has 6 heteroatoms. The van der Waals surface area contributed by atoms with Crippen molar-refractivity contribution in [3.8, 4) is 0 Å². The molecule has 0 spiro atoms. The minimum Gasteiger partial charge on any atom is -0.380 e. The Hall–Kier alpha value is -0.620. The van der Waals surface area contributed by atoms with Crippen molar-refractivity contribution in [3.63, 3.8) is 0 Å². The van der Waals surface area contributed by atoms with E-state index in [1.807, 2.05) is 6.07 Å². The Balaban J connectivity index is 3.02. The number of hydrogen-bond acceptors (Lipinski definition) is 3. The molecule has 4 nitrogen and oxygen atoms in total. The van der Waals surface area contributed by atoms with E-state index < -0.39 is 0 Å². The van der Waals surface area contributed by atoms with Crippen LogP contribution in [0.5, 0.6) is 0 Å². The van der Waals surface area contributed by atoms with E-state index in [0.717, 1.165) is 10.0 Å². The summed E-state index contributed by atoms with van der Waals surface area (Å²) in [6.07, 6.45) is 0. The van der Waals surface area contributed by atoms with Gasteiger partial charge >= 0.3 is 0 Å². The highest BCUT2D eigenvalue weighted by molar-refractivity contribution is 9.10. The van der Waals surface area contributed by atoms with Crippen LogP contribution in [0.3, 0.4) is 0 Å². The third-order valence-corrected chi connectivity index (χ3v) is 2.94. The average Bonchev–Trinajstić information content (AvgIpc) is 2.30. The highest BCUT2D eigenvalue weighted by atomic mass is 79.9. The van der Waals surface area contributed by atoms with Crippen LogP contribution in [-0.2, 0) is 16.1 Å². The molecule has 0 fully saturated rings. The normalized spacial score (nSPS) is 10.4. The largest absolute Gasteiger partial charge is 0.380 e. The van der Waals surface area contributed by atoms with Crippen molar-refractivity contribution in [3.05, 3.63) is 32.8 Å². The number of hydrogen-bond donors (Lipinski definition) is 1. The minimum atomic E-state index is -0.282. The minimum absolute atomic E-state index is 0.140. The van der Waals surface area contributed by atoms with E-state index in [9.17, 15) is 4.79 Å². The standard InChI is InChI=1S/C11H13BrClNO3/c1-16-5-7-3-8(12)4-9(10(7)13)11(15)14-6-17-2/h3-4H,5-6H2,1-2H3,(H,14,15). The highest BCUT2D eigenvalue weighted by Crippen LogP contribution is 2.26. The molecule has 0 saturated carbocycles. The molecular formula is C11H13BrClNO3. The zero-order valence-electron chi connectivity index (χ0n) is 9.55. The fourth-order valence-electron chi connectivity index (χ4n) is 1.30. The molecule has 1 N–H and O–H groups in total. The molecule has 0 unspecified atom stereocenters. The van der Waals surface area contributed by atoms with Crippen LogP contribution < -0.4 is 5.32 Å². The molecule has 1 aromatic rings. The zero-order chi connectivity index (χ0) is 12.8. The molecule has 0 atom stereocenters. The third-order valence-electron chi connectivity index (χ3n) is 2.03. The third kappa shape index (κ3) is 3.96. The van der Waals surface area contributed by atoms with Crippen molar-refractivity contribution in [2.45, 2.75) is 6.61 Å². The SMILES string of the molecule is COCNC(=O)c1cc(Br)cc(COC)c1Cl. The fraction of sp³-hybridized carbons (Fsp3) is 0.364. The summed E-state index contributed by atoms with van der Waals surface area (Å²) < 4.78 is 10.6. The number of amides is 1. The summed E-state index contributed by atoms with van der Waals surface area (Å²) in [6, 6.07) is 3.48. The molecule has 0 aliphatic carbocycles. The zero-order valence-corrected chi connectivity index (χ0v) is 11.9. The quantitative estimate of drug-likeness (QED) is 0.848. The van der Waals surface area contributed by atoms with E-state index in [0.29, 0.717) is 17.2 Å². The summed E-state index contributed by atoms with van der Waals surface area (Å²) in [5.74, 6) is -0.282. The maximum atomic E-state index is 11.8. The summed E-state index contributed by atoms with van der Waals surface area (Å²) in [6.45, 7) is 0.490. The van der Waals surface area contributed by atoms with Crippen molar-refractivity contribution < 1.29 is 14.3 Å². The van der Waals surface area contributed by atoms with Gasteiger partial charge in [0.05, 0.1) is 17.2 Å². The van der Waals surface area contributed by atoms with E-state index in [2.05, 4.69) is 21.2 Å². The first-order chi connectivity index (χ1) is 8.10. The second-order valence-electron chi connectivity index (χ2n) is 3.30. The van der Waals surface area contributed by atoms with Crippen LogP contribution in [0.1, 0.15) is 15.9 Å². The number of methoxy groups -OCH3 is 2. The number of benzene rings is 1. The van der Waals surface area contributed by atoms with Gasteiger partial charge in [0.2, 0.25) is 0 Å². The Bertz CT molecular complexity index is 412. The van der Waals surface area contributed by atoms with E-state index in [1.165, 1.54) is 7.11 Å². The number of ether oxygens (including phenoxy) is 2. The van der Waals surface area contributed by atoms with E-state index in [4.69, 9.17) is 21.1 Å². The molecule has 0 heterocycles. The monoisotopic (exact) mass is 321 g/mol. The van der Waals surface area contributed by atoms with E-state index in [1.54, 1.807) is 13.2 Å². The average molecular weight is 323 g/mol. The van der Waals surface area contributed by atoms with Gasteiger partial charge in [0.1, 0.15) is 6.73 Å². The maximum Gasteiger partial charge on any atom is 0.254 e. The number of halogens is 2. The lowest BCUT2D eigenvalue weighted by Gasteiger charge is -2.10. The van der Waals surface area contributed by atoms with Gasteiger partial charge in [-0.3, -0.25) is 4.79 Å². The molecule has 17 heavy (non-hydrogen) atoms. The van der Waals surface area contributed by atoms with Gasteiger partial charge in [0, 0.05) is 18.7 Å². The Kier molecular flexibility index (Phi) is 5.91. The van der Waals surface area contributed by atoms with Gasteiger partial charge in [-0.2, -0.15) is 0 Å². The molecular weight excluding hydrogens is 309 g/mol. The fourth-order valence-corrected chi connectivity index (χ4v) is 2.06. The molecule has 0 aromatic heterocycles. The predicted octanol–water partition coefficient (Wildman–Crippen LogP) is 2.58. The summed E-state index contributed by atoms with van der Waals surface area (Å²) in [4.78, 5) is 11.8. The molecule has 0 aliphatic rings. The summed E-state index contributed by atoms with van der Waals surface area (Å²) >= 11 is 9.46. The molecule has 1 rings (SSSR count). The van der Waals surface area contributed by atoms with Gasteiger partial charge in [-0.15, -0.1) is 0 Å². The Labute approximate surface area is 113 Å². The lowest BCUT2D eigenvalue weighted by molar-refractivity contribution is 0.0872. The maximum absolute atomic E-state index is 11.8. The van der Waals surface area contributed by atoms with Crippen LogP contribution in [0, 0.1) is 0 Å². The second kappa shape index (κ2) is 6.96. The summed E-state index contributed by atoms with van der Waals surface area (Å²) in [7, 11) is 3.07. The second-order valence-corrected chi connectivity index (χ2v) is 4.59. The van der Waals surface area contributed by atoms with Crippen LogP contribution in [0.15, 0.2) is 16.6 Å². The number of rotatable bonds is 5. The Morgan fingerprint density at radius 3 is 2.71 bits per heavy atom. The van der Waals surface area contributed by atoms with Gasteiger partial charge in [-0.1, -0.05) is 27.5 Å².